The van der Waals surface area contributed by atoms with Crippen LogP contribution in [0.1, 0.15) is 6.92 Å². The van der Waals surface area contributed by atoms with E-state index in [0.717, 1.165) is 0 Å². The standard InChI is InChI=1S/C12H16N4O3S/c1-3-4-5-16-8-9(13-12(16)20-7-6-17)15(2)11(19)14-10(8)18/h3-4,17H,5-7H2,1-2H3,(H,14,18,19). The van der Waals surface area contributed by atoms with E-state index in [2.05, 4.69) is 9.97 Å². The lowest BCUT2D eigenvalue weighted by molar-refractivity contribution is 0.322. The molecule has 2 N–H and O–H groups in total. The van der Waals surface area contributed by atoms with Gasteiger partial charge in [0, 0.05) is 19.3 Å². The second-order valence-electron chi connectivity index (χ2n) is 4.14. The van der Waals surface area contributed by atoms with E-state index in [1.54, 1.807) is 11.6 Å². The van der Waals surface area contributed by atoms with Crippen LogP contribution < -0.4 is 11.2 Å². The Morgan fingerprint density at radius 1 is 1.45 bits per heavy atom. The Morgan fingerprint density at radius 2 is 2.20 bits per heavy atom. The zero-order valence-electron chi connectivity index (χ0n) is 11.3. The number of aromatic amines is 1. The number of imidazole rings is 1. The van der Waals surface area contributed by atoms with Crippen molar-refractivity contribution in [3.8, 4) is 0 Å². The molecule has 0 aliphatic rings. The smallest absolute Gasteiger partial charge is 0.329 e. The van der Waals surface area contributed by atoms with Crippen molar-refractivity contribution < 1.29 is 5.11 Å². The van der Waals surface area contributed by atoms with Gasteiger partial charge in [0.05, 0.1) is 6.61 Å². The number of H-pyrrole nitrogens is 1. The van der Waals surface area contributed by atoms with Crippen LogP contribution in [0.5, 0.6) is 0 Å². The number of allylic oxidation sites excluding steroid dienone is 2. The molecule has 0 aliphatic carbocycles. The number of nitrogens with zero attached hydrogens (tertiary/aromatic N) is 3. The number of nitrogens with one attached hydrogen (secondary N) is 1. The molecule has 0 saturated heterocycles. The molecule has 8 heteroatoms. The largest absolute Gasteiger partial charge is 0.396 e. The first-order valence-electron chi connectivity index (χ1n) is 6.14. The Balaban J connectivity index is 2.72. The molecule has 0 aliphatic heterocycles. The molecule has 0 unspecified atom stereocenters. The molecule has 0 amide bonds. The lowest BCUT2D eigenvalue weighted by Gasteiger charge is -2.04. The fourth-order valence-electron chi connectivity index (χ4n) is 1.84. The number of rotatable bonds is 5. The van der Waals surface area contributed by atoms with E-state index in [0.29, 0.717) is 28.6 Å². The minimum absolute atomic E-state index is 0.0206. The molecule has 2 rings (SSSR count). The zero-order valence-corrected chi connectivity index (χ0v) is 12.1. The van der Waals surface area contributed by atoms with Gasteiger partial charge >= 0.3 is 5.69 Å². The topological polar surface area (TPSA) is 92.9 Å². The minimum Gasteiger partial charge on any atom is -0.396 e. The highest BCUT2D eigenvalue weighted by molar-refractivity contribution is 7.99. The summed E-state index contributed by atoms with van der Waals surface area (Å²) in [5.41, 5.74) is -0.220. The number of aliphatic hydroxyl groups is 1. The van der Waals surface area contributed by atoms with Crippen LogP contribution in [0.25, 0.3) is 11.2 Å². The summed E-state index contributed by atoms with van der Waals surface area (Å²) in [5.74, 6) is 0.477. The van der Waals surface area contributed by atoms with Gasteiger partial charge in [-0.15, -0.1) is 0 Å². The Bertz CT molecular complexity index is 756. The fourth-order valence-corrected chi connectivity index (χ4v) is 2.59. The lowest BCUT2D eigenvalue weighted by atomic mass is 10.4. The van der Waals surface area contributed by atoms with Crippen molar-refractivity contribution in [2.24, 2.45) is 7.05 Å². The average molecular weight is 296 g/mol. The first kappa shape index (κ1) is 14.6. The normalized spacial score (nSPS) is 11.8. The molecule has 0 fully saturated rings. The maximum Gasteiger partial charge on any atom is 0.329 e. The number of hydrogen-bond donors (Lipinski definition) is 2. The van der Waals surface area contributed by atoms with Crippen LogP contribution in [-0.4, -0.2) is 36.6 Å². The third kappa shape index (κ3) is 2.56. The third-order valence-corrected chi connectivity index (χ3v) is 3.77. The molecule has 0 atom stereocenters. The zero-order chi connectivity index (χ0) is 14.7. The molecule has 7 nitrogen and oxygen atoms in total. The molecule has 20 heavy (non-hydrogen) atoms. The predicted molar refractivity (Wildman–Crippen MR) is 78.2 cm³/mol. The Labute approximate surface area is 119 Å². The summed E-state index contributed by atoms with van der Waals surface area (Å²) in [6, 6.07) is 0. The molecule has 0 saturated carbocycles. The summed E-state index contributed by atoms with van der Waals surface area (Å²) < 4.78 is 3.06. The van der Waals surface area contributed by atoms with E-state index < -0.39 is 11.2 Å². The molecule has 2 aromatic heterocycles. The monoisotopic (exact) mass is 296 g/mol. The summed E-state index contributed by atoms with van der Waals surface area (Å²) in [5, 5.41) is 9.54. The van der Waals surface area contributed by atoms with Gasteiger partial charge in [-0.3, -0.25) is 14.3 Å². The van der Waals surface area contributed by atoms with Crippen molar-refractivity contribution in [2.45, 2.75) is 18.6 Å². The summed E-state index contributed by atoms with van der Waals surface area (Å²) in [6.45, 7) is 2.40. The van der Waals surface area contributed by atoms with Gasteiger partial charge in [-0.1, -0.05) is 23.9 Å². The van der Waals surface area contributed by atoms with E-state index in [4.69, 9.17) is 5.11 Å². The number of aryl methyl sites for hydroxylation is 1. The van der Waals surface area contributed by atoms with Gasteiger partial charge in [-0.2, -0.15) is 0 Å². The van der Waals surface area contributed by atoms with Crippen LogP contribution >= 0.6 is 11.8 Å². The molecular formula is C12H16N4O3S. The summed E-state index contributed by atoms with van der Waals surface area (Å²) in [7, 11) is 1.56. The van der Waals surface area contributed by atoms with Gasteiger partial charge in [0.25, 0.3) is 5.56 Å². The van der Waals surface area contributed by atoms with Gasteiger partial charge in [0.1, 0.15) is 0 Å². The van der Waals surface area contributed by atoms with Crippen molar-refractivity contribution in [2.75, 3.05) is 12.4 Å². The second kappa shape index (κ2) is 6.10. The Morgan fingerprint density at radius 3 is 2.85 bits per heavy atom. The van der Waals surface area contributed by atoms with Crippen LogP contribution in [0.3, 0.4) is 0 Å². The van der Waals surface area contributed by atoms with E-state index >= 15 is 0 Å². The van der Waals surface area contributed by atoms with E-state index in [1.807, 2.05) is 19.1 Å². The Hall–Kier alpha value is -1.80. The van der Waals surface area contributed by atoms with Gasteiger partial charge in [-0.05, 0) is 6.92 Å². The van der Waals surface area contributed by atoms with Crippen LogP contribution in [-0.2, 0) is 13.6 Å². The van der Waals surface area contributed by atoms with E-state index in [9.17, 15) is 9.59 Å². The van der Waals surface area contributed by atoms with Crippen molar-refractivity contribution >= 4 is 22.9 Å². The predicted octanol–water partition coefficient (Wildman–Crippen LogP) is 0.0838. The van der Waals surface area contributed by atoms with Crippen molar-refractivity contribution in [1.82, 2.24) is 19.1 Å². The van der Waals surface area contributed by atoms with Gasteiger partial charge < -0.3 is 9.67 Å². The highest BCUT2D eigenvalue weighted by atomic mass is 32.2. The van der Waals surface area contributed by atoms with Crippen molar-refractivity contribution in [3.63, 3.8) is 0 Å². The first-order valence-corrected chi connectivity index (χ1v) is 7.13. The maximum atomic E-state index is 12.0. The summed E-state index contributed by atoms with van der Waals surface area (Å²) in [4.78, 5) is 30.2. The Kier molecular flexibility index (Phi) is 4.46. The highest BCUT2D eigenvalue weighted by Crippen LogP contribution is 2.21. The quantitative estimate of drug-likeness (QED) is 0.602. The van der Waals surface area contributed by atoms with Gasteiger partial charge in [0.2, 0.25) is 0 Å². The van der Waals surface area contributed by atoms with Crippen molar-refractivity contribution in [1.29, 1.82) is 0 Å². The minimum atomic E-state index is -0.489. The molecule has 2 aromatic rings. The number of aliphatic hydroxyl groups excluding tert-OH is 1. The number of fused-ring (bicyclic) bond motifs is 1. The first-order chi connectivity index (χ1) is 9.60. The van der Waals surface area contributed by atoms with Crippen LogP contribution in [0.4, 0.5) is 0 Å². The molecule has 0 bridgehead atoms. The van der Waals surface area contributed by atoms with Crippen molar-refractivity contribution in [3.05, 3.63) is 33.0 Å². The van der Waals surface area contributed by atoms with Crippen LogP contribution in [0, 0.1) is 0 Å². The second-order valence-corrected chi connectivity index (χ2v) is 5.20. The number of hydrogen-bond acceptors (Lipinski definition) is 5. The molecule has 0 radical (unpaired) electrons. The number of aromatic nitrogens is 4. The SMILES string of the molecule is CC=CCn1c(SCCO)nc2c1c(=O)[nH]c(=O)n2C. The van der Waals surface area contributed by atoms with Crippen LogP contribution in [0.2, 0.25) is 0 Å². The van der Waals surface area contributed by atoms with Gasteiger partial charge in [-0.25, -0.2) is 9.78 Å². The summed E-state index contributed by atoms with van der Waals surface area (Å²) >= 11 is 1.35. The molecule has 2 heterocycles. The lowest BCUT2D eigenvalue weighted by Crippen LogP contribution is -2.29. The van der Waals surface area contributed by atoms with E-state index in [1.165, 1.54) is 16.3 Å². The van der Waals surface area contributed by atoms with Gasteiger partial charge in [0.15, 0.2) is 16.3 Å². The summed E-state index contributed by atoms with van der Waals surface area (Å²) in [6.07, 6.45) is 3.77. The molecule has 108 valence electrons. The average Bonchev–Trinajstić information content (AvgIpc) is 2.79. The maximum absolute atomic E-state index is 12.0. The molecule has 0 aromatic carbocycles. The van der Waals surface area contributed by atoms with E-state index in [-0.39, 0.29) is 6.61 Å². The molecular weight excluding hydrogens is 280 g/mol. The fraction of sp³-hybridized carbons (Fsp3) is 0.417. The van der Waals surface area contributed by atoms with Crippen LogP contribution in [0.15, 0.2) is 26.9 Å². The highest BCUT2D eigenvalue weighted by Gasteiger charge is 2.16. The molecule has 0 spiro atoms. The number of thioether (sulfide) groups is 1. The third-order valence-electron chi connectivity index (χ3n) is 2.82.